The maximum atomic E-state index is 12.3. The first kappa shape index (κ1) is 12.8. The number of alkyl halides is 6. The third-order valence-corrected chi connectivity index (χ3v) is 1.16. The molecule has 0 fully saturated rings. The van der Waals surface area contributed by atoms with Crippen LogP contribution < -0.4 is 11.1 Å². The van der Waals surface area contributed by atoms with E-state index in [1.807, 2.05) is 0 Å². The molecule has 0 aliphatic heterocycles. The van der Waals surface area contributed by atoms with Crippen molar-refractivity contribution in [1.82, 2.24) is 5.32 Å². The zero-order valence-electron chi connectivity index (χ0n) is 6.54. The van der Waals surface area contributed by atoms with Crippen molar-refractivity contribution in [2.75, 3.05) is 6.54 Å². The molecule has 0 saturated heterocycles. The minimum Gasteiger partial charge on any atom is -0.352 e. The van der Waals surface area contributed by atoms with Gasteiger partial charge in [0.15, 0.2) is 0 Å². The average molecular weight is 224 g/mol. The number of halogens is 6. The van der Waals surface area contributed by atoms with Gasteiger partial charge in [-0.05, 0) is 0 Å². The van der Waals surface area contributed by atoms with Gasteiger partial charge in [-0.1, -0.05) is 0 Å². The minimum absolute atomic E-state index is 1.19. The van der Waals surface area contributed by atoms with Gasteiger partial charge in [-0.2, -0.15) is 13.2 Å². The Hall–Kier alpha value is -1.15. The molecule has 1 unspecified atom stereocenters. The molecule has 2 amide bonds. The normalized spacial score (nSPS) is 15.0. The lowest BCUT2D eigenvalue weighted by atomic mass is 10.2. The van der Waals surface area contributed by atoms with Crippen molar-refractivity contribution < 1.29 is 31.1 Å². The molecule has 9 heteroatoms. The number of urea groups is 1. The van der Waals surface area contributed by atoms with E-state index in [1.165, 1.54) is 5.32 Å². The first-order chi connectivity index (χ1) is 6.07. The van der Waals surface area contributed by atoms with Crippen molar-refractivity contribution in [2.45, 2.75) is 18.3 Å². The molecule has 0 aromatic carbocycles. The van der Waals surface area contributed by atoms with E-state index in [4.69, 9.17) is 0 Å². The highest BCUT2D eigenvalue weighted by molar-refractivity contribution is 5.71. The summed E-state index contributed by atoms with van der Waals surface area (Å²) in [5.41, 5.74) is 4.32. The fourth-order valence-electron chi connectivity index (χ4n) is 0.534. The molecular formula is C5H6F6N2O. The van der Waals surface area contributed by atoms with Crippen molar-refractivity contribution in [3.63, 3.8) is 0 Å². The number of hydrogen-bond donors (Lipinski definition) is 2. The van der Waals surface area contributed by atoms with Gasteiger partial charge in [-0.3, -0.25) is 0 Å². The molecule has 0 aromatic heterocycles. The Balaban J connectivity index is 4.38. The average Bonchev–Trinajstić information content (AvgIpc) is 1.98. The molecular weight excluding hydrogens is 218 g/mol. The van der Waals surface area contributed by atoms with Gasteiger partial charge < -0.3 is 11.1 Å². The molecule has 0 rings (SSSR count). The second kappa shape index (κ2) is 3.93. The van der Waals surface area contributed by atoms with Crippen LogP contribution >= 0.6 is 0 Å². The van der Waals surface area contributed by atoms with Gasteiger partial charge >= 0.3 is 18.1 Å². The molecule has 84 valence electrons. The zero-order chi connectivity index (χ0) is 11.6. The molecule has 14 heavy (non-hydrogen) atoms. The van der Waals surface area contributed by atoms with Crippen molar-refractivity contribution in [3.05, 3.63) is 0 Å². The monoisotopic (exact) mass is 224 g/mol. The first-order valence-corrected chi connectivity index (χ1v) is 3.19. The number of primary amides is 1. The van der Waals surface area contributed by atoms with E-state index in [9.17, 15) is 31.1 Å². The van der Waals surface area contributed by atoms with Crippen LogP contribution in [0.5, 0.6) is 0 Å². The standard InChI is InChI=1S/C5H6F6N2O/c6-2(5(9,10)11)4(7,8)1-13-3(12)14/h2H,1H2,(H3,12,13,14). The van der Waals surface area contributed by atoms with Crippen LogP contribution in [-0.4, -0.2) is 30.8 Å². The molecule has 0 radical (unpaired) electrons. The van der Waals surface area contributed by atoms with Gasteiger partial charge in [0, 0.05) is 0 Å². The molecule has 0 heterocycles. The van der Waals surface area contributed by atoms with E-state index in [0.717, 1.165) is 0 Å². The maximum Gasteiger partial charge on any atom is 0.425 e. The van der Waals surface area contributed by atoms with Gasteiger partial charge in [0.05, 0.1) is 6.54 Å². The van der Waals surface area contributed by atoms with E-state index in [1.54, 1.807) is 0 Å². The van der Waals surface area contributed by atoms with Crippen LogP contribution in [0, 0.1) is 0 Å². The predicted octanol–water partition coefficient (Wildman–Crippen LogP) is 1.19. The molecule has 0 aromatic rings. The van der Waals surface area contributed by atoms with Crippen molar-refractivity contribution >= 4 is 6.03 Å². The Morgan fingerprint density at radius 1 is 1.29 bits per heavy atom. The summed E-state index contributed by atoms with van der Waals surface area (Å²) in [5.74, 6) is -4.73. The predicted molar refractivity (Wildman–Crippen MR) is 33.5 cm³/mol. The van der Waals surface area contributed by atoms with E-state index in [0.29, 0.717) is 0 Å². The van der Waals surface area contributed by atoms with Crippen molar-refractivity contribution in [3.8, 4) is 0 Å². The SMILES string of the molecule is NC(=O)NCC(F)(F)C(F)C(F)(F)F. The number of carbonyl (C=O) groups is 1. The molecule has 3 N–H and O–H groups in total. The second-order valence-electron chi connectivity index (χ2n) is 2.38. The lowest BCUT2D eigenvalue weighted by Gasteiger charge is -2.22. The van der Waals surface area contributed by atoms with Gasteiger partial charge in [0.1, 0.15) is 0 Å². The Morgan fingerprint density at radius 3 is 2.00 bits per heavy atom. The summed E-state index contributed by atoms with van der Waals surface area (Å²) in [4.78, 5) is 9.89. The molecule has 0 spiro atoms. The summed E-state index contributed by atoms with van der Waals surface area (Å²) in [5, 5.41) is 1.19. The van der Waals surface area contributed by atoms with Gasteiger partial charge in [-0.15, -0.1) is 0 Å². The number of carbonyl (C=O) groups excluding carboxylic acids is 1. The summed E-state index contributed by atoms with van der Waals surface area (Å²) in [6, 6.07) is -1.46. The molecule has 1 atom stereocenters. The van der Waals surface area contributed by atoms with Crippen LogP contribution in [0.3, 0.4) is 0 Å². The maximum absolute atomic E-state index is 12.3. The first-order valence-electron chi connectivity index (χ1n) is 3.19. The summed E-state index contributed by atoms with van der Waals surface area (Å²) in [7, 11) is 0. The van der Waals surface area contributed by atoms with Crippen molar-refractivity contribution in [2.24, 2.45) is 5.73 Å². The number of nitrogens with two attached hydrogens (primary N) is 1. The van der Waals surface area contributed by atoms with Crippen LogP contribution in [0.15, 0.2) is 0 Å². The van der Waals surface area contributed by atoms with E-state index in [-0.39, 0.29) is 0 Å². The Morgan fingerprint density at radius 2 is 1.71 bits per heavy atom. The van der Waals surface area contributed by atoms with Crippen LogP contribution in [-0.2, 0) is 0 Å². The number of nitrogens with one attached hydrogen (secondary N) is 1. The Kier molecular flexibility index (Phi) is 3.60. The van der Waals surface area contributed by atoms with Crippen LogP contribution in [0.25, 0.3) is 0 Å². The van der Waals surface area contributed by atoms with Crippen LogP contribution in [0.2, 0.25) is 0 Å². The summed E-state index contributed by atoms with van der Waals surface area (Å²) < 4.78 is 71.1. The van der Waals surface area contributed by atoms with E-state index < -0.39 is 30.8 Å². The highest BCUT2D eigenvalue weighted by atomic mass is 19.4. The highest BCUT2D eigenvalue weighted by Crippen LogP contribution is 2.34. The van der Waals surface area contributed by atoms with Crippen LogP contribution in [0.1, 0.15) is 0 Å². The molecule has 3 nitrogen and oxygen atoms in total. The Labute approximate surface area is 74.2 Å². The van der Waals surface area contributed by atoms with Crippen molar-refractivity contribution in [1.29, 1.82) is 0 Å². The topological polar surface area (TPSA) is 55.1 Å². The van der Waals surface area contributed by atoms with E-state index in [2.05, 4.69) is 5.73 Å². The minimum atomic E-state index is -5.68. The Bertz CT molecular complexity index is 215. The summed E-state index contributed by atoms with van der Waals surface area (Å²) in [6.45, 7) is -1.80. The van der Waals surface area contributed by atoms with Gasteiger partial charge in [0.2, 0.25) is 0 Å². The van der Waals surface area contributed by atoms with Gasteiger partial charge in [0.25, 0.3) is 6.17 Å². The fraction of sp³-hybridized carbons (Fsp3) is 0.800. The fourth-order valence-corrected chi connectivity index (χ4v) is 0.534. The smallest absolute Gasteiger partial charge is 0.352 e. The number of hydrogen-bond acceptors (Lipinski definition) is 1. The lowest BCUT2D eigenvalue weighted by molar-refractivity contribution is -0.242. The third kappa shape index (κ3) is 3.71. The summed E-state index contributed by atoms with van der Waals surface area (Å²) in [6.07, 6.45) is -10.0. The quantitative estimate of drug-likeness (QED) is 0.695. The highest BCUT2D eigenvalue weighted by Gasteiger charge is 2.56. The van der Waals surface area contributed by atoms with E-state index >= 15 is 0 Å². The van der Waals surface area contributed by atoms with Crippen LogP contribution in [0.4, 0.5) is 31.1 Å². The molecule has 0 saturated carbocycles. The molecule has 0 aliphatic carbocycles. The molecule has 0 bridgehead atoms. The number of amides is 2. The number of rotatable bonds is 3. The summed E-state index contributed by atoms with van der Waals surface area (Å²) >= 11 is 0. The zero-order valence-corrected chi connectivity index (χ0v) is 6.54. The van der Waals surface area contributed by atoms with Gasteiger partial charge in [-0.25, -0.2) is 18.0 Å². The third-order valence-electron chi connectivity index (χ3n) is 1.16. The molecule has 0 aliphatic rings. The largest absolute Gasteiger partial charge is 0.425 e. The second-order valence-corrected chi connectivity index (χ2v) is 2.38. The lowest BCUT2D eigenvalue weighted by Crippen LogP contribution is -2.50.